The number of nitrogens with two attached hydrogens (primary N) is 1. The molecule has 0 bridgehead atoms. The summed E-state index contributed by atoms with van der Waals surface area (Å²) in [6, 6.07) is 7.82. The third kappa shape index (κ3) is 5.25. The number of piperidine rings is 1. The molecule has 1 aromatic carbocycles. The number of hydrogen-bond donors (Lipinski definition) is 3. The van der Waals surface area contributed by atoms with Gasteiger partial charge in [0.15, 0.2) is 6.54 Å². The summed E-state index contributed by atoms with van der Waals surface area (Å²) in [5, 5.41) is 2.96. The average Bonchev–Trinajstić information content (AvgIpc) is 2.55. The zero-order valence-electron chi connectivity index (χ0n) is 13.6. The Hall–Kier alpha value is -2.08. The van der Waals surface area contributed by atoms with E-state index < -0.39 is 0 Å². The minimum atomic E-state index is -0.217. The van der Waals surface area contributed by atoms with Crippen molar-refractivity contribution in [2.24, 2.45) is 11.7 Å². The molecule has 1 aliphatic heterocycles. The molecule has 0 spiro atoms. The minimum absolute atomic E-state index is 0.0210. The van der Waals surface area contributed by atoms with E-state index in [9.17, 15) is 9.59 Å². The van der Waals surface area contributed by atoms with Gasteiger partial charge in [-0.15, -0.1) is 0 Å². The molecule has 23 heavy (non-hydrogen) atoms. The SMILES string of the molecule is COc1ccccc1CCNC(=O)C[NH+]1CCC(C(N)=O)CC1. The molecule has 0 saturated carbocycles. The number of methoxy groups -OCH3 is 1. The van der Waals surface area contributed by atoms with Crippen LogP contribution in [-0.4, -0.2) is 45.1 Å². The molecule has 1 aromatic rings. The molecule has 2 amide bonds. The average molecular weight is 320 g/mol. The first-order valence-corrected chi connectivity index (χ1v) is 8.11. The van der Waals surface area contributed by atoms with E-state index >= 15 is 0 Å². The molecule has 0 unspecified atom stereocenters. The normalized spacial score (nSPS) is 20.7. The van der Waals surface area contributed by atoms with E-state index in [0.29, 0.717) is 13.1 Å². The number of ether oxygens (including phenoxy) is 1. The van der Waals surface area contributed by atoms with Crippen molar-refractivity contribution in [2.45, 2.75) is 19.3 Å². The van der Waals surface area contributed by atoms with E-state index in [-0.39, 0.29) is 17.7 Å². The number of nitrogens with one attached hydrogen (secondary N) is 2. The van der Waals surface area contributed by atoms with Crippen LogP contribution in [0.15, 0.2) is 24.3 Å². The highest BCUT2D eigenvalue weighted by Gasteiger charge is 2.26. The molecule has 1 aliphatic rings. The van der Waals surface area contributed by atoms with Gasteiger partial charge in [0.25, 0.3) is 5.91 Å². The van der Waals surface area contributed by atoms with Gasteiger partial charge >= 0.3 is 0 Å². The molecule has 6 heteroatoms. The second kappa shape index (κ2) is 8.53. The number of carbonyl (C=O) groups excluding carboxylic acids is 2. The number of hydrogen-bond acceptors (Lipinski definition) is 3. The van der Waals surface area contributed by atoms with Crippen LogP contribution in [0.2, 0.25) is 0 Å². The van der Waals surface area contributed by atoms with Crippen LogP contribution in [0.25, 0.3) is 0 Å². The van der Waals surface area contributed by atoms with Gasteiger partial charge in [-0.3, -0.25) is 9.59 Å². The lowest BCUT2D eigenvalue weighted by Gasteiger charge is -2.27. The smallest absolute Gasteiger partial charge is 0.275 e. The fraction of sp³-hybridized carbons (Fsp3) is 0.529. The Labute approximate surface area is 137 Å². The number of rotatable bonds is 7. The molecule has 1 saturated heterocycles. The summed E-state index contributed by atoms with van der Waals surface area (Å²) in [4.78, 5) is 24.4. The van der Waals surface area contributed by atoms with Gasteiger partial charge < -0.3 is 20.7 Å². The number of primary amides is 1. The molecular formula is C17H26N3O3+. The van der Waals surface area contributed by atoms with E-state index in [1.54, 1.807) is 7.11 Å². The molecule has 126 valence electrons. The molecule has 0 aliphatic carbocycles. The van der Waals surface area contributed by atoms with Crippen LogP contribution < -0.4 is 20.7 Å². The molecule has 1 fully saturated rings. The van der Waals surface area contributed by atoms with E-state index in [0.717, 1.165) is 43.7 Å². The monoisotopic (exact) mass is 320 g/mol. The number of likely N-dealkylation sites (tertiary alicyclic amines) is 1. The fourth-order valence-electron chi connectivity index (χ4n) is 3.02. The summed E-state index contributed by atoms with van der Waals surface area (Å²) in [6.45, 7) is 2.70. The van der Waals surface area contributed by atoms with Gasteiger partial charge in [-0.2, -0.15) is 0 Å². The molecule has 6 nitrogen and oxygen atoms in total. The van der Waals surface area contributed by atoms with Gasteiger partial charge in [0, 0.05) is 25.3 Å². The molecule has 0 radical (unpaired) electrons. The fourth-order valence-corrected chi connectivity index (χ4v) is 3.02. The summed E-state index contributed by atoms with van der Waals surface area (Å²) in [5.41, 5.74) is 6.41. The molecule has 0 aromatic heterocycles. The summed E-state index contributed by atoms with van der Waals surface area (Å²) >= 11 is 0. The predicted octanol–water partition coefficient (Wildman–Crippen LogP) is -0.866. The van der Waals surface area contributed by atoms with E-state index in [2.05, 4.69) is 5.32 Å². The largest absolute Gasteiger partial charge is 0.496 e. The number of quaternary nitrogens is 1. The first-order chi connectivity index (χ1) is 11.1. The maximum absolute atomic E-state index is 12.0. The van der Waals surface area contributed by atoms with Crippen molar-refractivity contribution >= 4 is 11.8 Å². The first kappa shape index (κ1) is 17.3. The third-order valence-corrected chi connectivity index (χ3v) is 4.41. The highest BCUT2D eigenvalue weighted by molar-refractivity contribution is 5.77. The summed E-state index contributed by atoms with van der Waals surface area (Å²) in [5.74, 6) is 0.658. The Morgan fingerprint density at radius 3 is 2.65 bits per heavy atom. The van der Waals surface area contributed by atoms with Crippen LogP contribution in [-0.2, 0) is 16.0 Å². The lowest BCUT2D eigenvalue weighted by molar-refractivity contribution is -0.897. The van der Waals surface area contributed by atoms with Gasteiger partial charge in [0.1, 0.15) is 5.75 Å². The molecule has 2 rings (SSSR count). The second-order valence-electron chi connectivity index (χ2n) is 6.02. The Morgan fingerprint density at radius 2 is 2.00 bits per heavy atom. The predicted molar refractivity (Wildman–Crippen MR) is 87.2 cm³/mol. The van der Waals surface area contributed by atoms with Crippen molar-refractivity contribution in [3.05, 3.63) is 29.8 Å². The van der Waals surface area contributed by atoms with E-state index in [1.165, 1.54) is 4.90 Å². The van der Waals surface area contributed by atoms with Gasteiger partial charge in [0.05, 0.1) is 20.2 Å². The van der Waals surface area contributed by atoms with Crippen molar-refractivity contribution in [3.63, 3.8) is 0 Å². The Morgan fingerprint density at radius 1 is 1.30 bits per heavy atom. The third-order valence-electron chi connectivity index (χ3n) is 4.41. The summed E-state index contributed by atoms with van der Waals surface area (Å²) < 4.78 is 5.30. The van der Waals surface area contributed by atoms with Gasteiger partial charge in [-0.05, 0) is 18.1 Å². The van der Waals surface area contributed by atoms with Crippen molar-refractivity contribution in [2.75, 3.05) is 33.3 Å². The van der Waals surface area contributed by atoms with Crippen molar-refractivity contribution in [3.8, 4) is 5.75 Å². The van der Waals surface area contributed by atoms with Crippen LogP contribution in [0.4, 0.5) is 0 Å². The maximum Gasteiger partial charge on any atom is 0.275 e. The molecule has 4 N–H and O–H groups in total. The highest BCUT2D eigenvalue weighted by Crippen LogP contribution is 2.17. The number of carbonyl (C=O) groups is 2. The number of amides is 2. The van der Waals surface area contributed by atoms with Crippen LogP contribution in [0.1, 0.15) is 18.4 Å². The van der Waals surface area contributed by atoms with Crippen LogP contribution in [0.3, 0.4) is 0 Å². The standard InChI is InChI=1S/C17H25N3O3/c1-23-15-5-3-2-4-13(15)6-9-19-16(21)12-20-10-7-14(8-11-20)17(18)22/h2-5,14H,6-12H2,1H3,(H2,18,22)(H,19,21)/p+1. The Kier molecular flexibility index (Phi) is 6.40. The molecular weight excluding hydrogens is 294 g/mol. The van der Waals surface area contributed by atoms with Crippen molar-refractivity contribution < 1.29 is 19.2 Å². The lowest BCUT2D eigenvalue weighted by Crippen LogP contribution is -3.14. The highest BCUT2D eigenvalue weighted by atomic mass is 16.5. The quantitative estimate of drug-likeness (QED) is 0.611. The molecule has 0 atom stereocenters. The Bertz CT molecular complexity index is 540. The lowest BCUT2D eigenvalue weighted by atomic mass is 9.96. The van der Waals surface area contributed by atoms with E-state index in [1.807, 2.05) is 24.3 Å². The van der Waals surface area contributed by atoms with Crippen LogP contribution >= 0.6 is 0 Å². The van der Waals surface area contributed by atoms with Crippen LogP contribution in [0.5, 0.6) is 5.75 Å². The summed E-state index contributed by atoms with van der Waals surface area (Å²) in [7, 11) is 1.65. The number of para-hydroxylation sites is 1. The van der Waals surface area contributed by atoms with Crippen molar-refractivity contribution in [1.82, 2.24) is 5.32 Å². The second-order valence-corrected chi connectivity index (χ2v) is 6.02. The molecule has 1 heterocycles. The maximum atomic E-state index is 12.0. The van der Waals surface area contributed by atoms with Gasteiger partial charge in [-0.1, -0.05) is 18.2 Å². The van der Waals surface area contributed by atoms with Gasteiger partial charge in [0.2, 0.25) is 5.91 Å². The minimum Gasteiger partial charge on any atom is -0.496 e. The van der Waals surface area contributed by atoms with Crippen LogP contribution in [0, 0.1) is 5.92 Å². The van der Waals surface area contributed by atoms with E-state index in [4.69, 9.17) is 10.5 Å². The zero-order valence-corrected chi connectivity index (χ0v) is 13.6. The first-order valence-electron chi connectivity index (χ1n) is 8.11. The van der Waals surface area contributed by atoms with Crippen molar-refractivity contribution in [1.29, 1.82) is 0 Å². The zero-order chi connectivity index (χ0) is 16.7. The topological polar surface area (TPSA) is 85.9 Å². The Balaban J connectivity index is 1.69. The number of benzene rings is 1. The summed E-state index contributed by atoms with van der Waals surface area (Å²) in [6.07, 6.45) is 2.30. The van der Waals surface area contributed by atoms with Gasteiger partial charge in [-0.25, -0.2) is 0 Å².